The van der Waals surface area contributed by atoms with Crippen LogP contribution in [0.25, 0.3) is 11.1 Å². The molecule has 0 bridgehead atoms. The van der Waals surface area contributed by atoms with Crippen molar-refractivity contribution in [2.75, 3.05) is 10.9 Å². The lowest BCUT2D eigenvalue weighted by molar-refractivity contribution is 0.467. The van der Waals surface area contributed by atoms with Gasteiger partial charge in [-0.15, -0.1) is 0 Å². The Bertz CT molecular complexity index is 863. The van der Waals surface area contributed by atoms with Gasteiger partial charge >= 0.3 is 0 Å². The predicted octanol–water partition coefficient (Wildman–Crippen LogP) is 5.55. The molecule has 0 aromatic heterocycles. The molecule has 4 nitrogen and oxygen atoms in total. The highest BCUT2D eigenvalue weighted by Crippen LogP contribution is 2.31. The molecule has 3 rings (SSSR count). The number of unbranched alkanes of at least 4 members (excludes halogenated alkanes) is 1. The first-order valence-electron chi connectivity index (χ1n) is 8.89. The fourth-order valence-corrected chi connectivity index (χ4v) is 2.84. The molecule has 0 saturated heterocycles. The lowest BCUT2D eigenvalue weighted by Gasteiger charge is -2.14. The molecule has 0 heterocycles. The standard InChI is InChI=1S/C22H24N2O2/c1-2-3-7-17-14-18(10-12-21(17)25)23-24-19-11-13-22(26)20(15-19)16-8-5-4-6-9-16/h4-6,8-15,23-26H,2-3,7H2,1H3. The highest BCUT2D eigenvalue weighted by atomic mass is 16.3. The summed E-state index contributed by atoms with van der Waals surface area (Å²) in [6.07, 6.45) is 2.99. The van der Waals surface area contributed by atoms with Crippen molar-refractivity contribution in [1.29, 1.82) is 0 Å². The van der Waals surface area contributed by atoms with Gasteiger partial charge in [0.25, 0.3) is 0 Å². The second-order valence-electron chi connectivity index (χ2n) is 6.29. The average Bonchev–Trinajstić information content (AvgIpc) is 2.68. The van der Waals surface area contributed by atoms with E-state index in [0.29, 0.717) is 5.75 Å². The van der Waals surface area contributed by atoms with Gasteiger partial charge in [-0.25, -0.2) is 0 Å². The van der Waals surface area contributed by atoms with Crippen LogP contribution in [-0.4, -0.2) is 10.2 Å². The summed E-state index contributed by atoms with van der Waals surface area (Å²) >= 11 is 0. The number of phenols is 2. The molecule has 26 heavy (non-hydrogen) atoms. The lowest BCUT2D eigenvalue weighted by atomic mass is 10.0. The van der Waals surface area contributed by atoms with E-state index in [9.17, 15) is 10.2 Å². The summed E-state index contributed by atoms with van der Waals surface area (Å²) in [7, 11) is 0. The Kier molecular flexibility index (Phi) is 5.64. The molecule has 0 aliphatic carbocycles. The third-order valence-corrected chi connectivity index (χ3v) is 4.31. The van der Waals surface area contributed by atoms with Gasteiger partial charge in [-0.05, 0) is 60.4 Å². The molecule has 0 atom stereocenters. The normalized spacial score (nSPS) is 10.5. The number of anilines is 2. The molecule has 3 aromatic rings. The molecular weight excluding hydrogens is 324 g/mol. The fourth-order valence-electron chi connectivity index (χ4n) is 2.84. The first kappa shape index (κ1) is 17.7. The molecule has 0 unspecified atom stereocenters. The van der Waals surface area contributed by atoms with Crippen LogP contribution in [0.15, 0.2) is 66.7 Å². The molecule has 0 aliphatic heterocycles. The Morgan fingerprint density at radius 3 is 2.12 bits per heavy atom. The van der Waals surface area contributed by atoms with E-state index in [2.05, 4.69) is 17.8 Å². The van der Waals surface area contributed by atoms with Gasteiger partial charge in [0.05, 0.1) is 11.4 Å². The maximum atomic E-state index is 10.1. The van der Waals surface area contributed by atoms with Gasteiger partial charge in [-0.1, -0.05) is 43.7 Å². The molecule has 4 N–H and O–H groups in total. The third-order valence-electron chi connectivity index (χ3n) is 4.31. The summed E-state index contributed by atoms with van der Waals surface area (Å²) in [5.74, 6) is 0.577. The van der Waals surface area contributed by atoms with Gasteiger partial charge in [0.1, 0.15) is 11.5 Å². The topological polar surface area (TPSA) is 64.5 Å². The Labute approximate surface area is 154 Å². The lowest BCUT2D eigenvalue weighted by Crippen LogP contribution is -2.08. The van der Waals surface area contributed by atoms with Crippen LogP contribution in [0.3, 0.4) is 0 Å². The largest absolute Gasteiger partial charge is 0.508 e. The van der Waals surface area contributed by atoms with Gasteiger partial charge in [0.2, 0.25) is 0 Å². The number of benzene rings is 3. The van der Waals surface area contributed by atoms with Crippen LogP contribution in [0.2, 0.25) is 0 Å². The first-order chi connectivity index (χ1) is 12.7. The summed E-state index contributed by atoms with van der Waals surface area (Å²) in [6, 6.07) is 20.7. The molecule has 0 fully saturated rings. The second kappa shape index (κ2) is 8.30. The van der Waals surface area contributed by atoms with Crippen LogP contribution in [0.1, 0.15) is 25.3 Å². The smallest absolute Gasteiger partial charge is 0.123 e. The quantitative estimate of drug-likeness (QED) is 0.334. The number of aryl methyl sites for hydroxylation is 1. The highest BCUT2D eigenvalue weighted by molar-refractivity contribution is 5.74. The van der Waals surface area contributed by atoms with Crippen molar-refractivity contribution in [3.8, 4) is 22.6 Å². The van der Waals surface area contributed by atoms with Crippen LogP contribution < -0.4 is 10.9 Å². The fraction of sp³-hybridized carbons (Fsp3) is 0.182. The van der Waals surface area contributed by atoms with Gasteiger partial charge in [0, 0.05) is 5.56 Å². The number of rotatable bonds is 7. The minimum absolute atomic E-state index is 0.244. The predicted molar refractivity (Wildman–Crippen MR) is 108 cm³/mol. The molecule has 0 saturated carbocycles. The minimum Gasteiger partial charge on any atom is -0.508 e. The molecule has 4 heteroatoms. The molecule has 0 amide bonds. The molecule has 0 radical (unpaired) electrons. The Morgan fingerprint density at radius 1 is 0.769 bits per heavy atom. The van der Waals surface area contributed by atoms with E-state index in [1.54, 1.807) is 12.1 Å². The molecule has 0 spiro atoms. The van der Waals surface area contributed by atoms with E-state index >= 15 is 0 Å². The van der Waals surface area contributed by atoms with Gasteiger partial charge in [-0.3, -0.25) is 0 Å². The number of hydrogen-bond donors (Lipinski definition) is 4. The van der Waals surface area contributed by atoms with Crippen LogP contribution in [-0.2, 0) is 6.42 Å². The van der Waals surface area contributed by atoms with Crippen molar-refractivity contribution in [2.24, 2.45) is 0 Å². The van der Waals surface area contributed by atoms with Crippen LogP contribution in [0.5, 0.6) is 11.5 Å². The first-order valence-corrected chi connectivity index (χ1v) is 8.89. The van der Waals surface area contributed by atoms with Crippen molar-refractivity contribution in [1.82, 2.24) is 0 Å². The number of hydrogen-bond acceptors (Lipinski definition) is 4. The van der Waals surface area contributed by atoms with Crippen molar-refractivity contribution in [3.63, 3.8) is 0 Å². The Hall–Kier alpha value is -3.14. The van der Waals surface area contributed by atoms with Gasteiger partial charge in [0.15, 0.2) is 0 Å². The van der Waals surface area contributed by atoms with Crippen LogP contribution in [0.4, 0.5) is 11.4 Å². The zero-order chi connectivity index (χ0) is 18.4. The van der Waals surface area contributed by atoms with Crippen molar-refractivity contribution < 1.29 is 10.2 Å². The molecule has 0 aliphatic rings. The van der Waals surface area contributed by atoms with E-state index in [1.807, 2.05) is 54.6 Å². The zero-order valence-electron chi connectivity index (χ0n) is 14.9. The van der Waals surface area contributed by atoms with E-state index in [0.717, 1.165) is 47.3 Å². The van der Waals surface area contributed by atoms with E-state index in [4.69, 9.17) is 0 Å². The molecule has 3 aromatic carbocycles. The summed E-state index contributed by atoms with van der Waals surface area (Å²) < 4.78 is 0. The minimum atomic E-state index is 0.244. The summed E-state index contributed by atoms with van der Waals surface area (Å²) in [6.45, 7) is 2.13. The number of phenolic OH excluding ortho intramolecular Hbond substituents is 2. The monoisotopic (exact) mass is 348 g/mol. The van der Waals surface area contributed by atoms with Gasteiger partial charge < -0.3 is 21.1 Å². The second-order valence-corrected chi connectivity index (χ2v) is 6.29. The Balaban J connectivity index is 1.74. The van der Waals surface area contributed by atoms with Crippen molar-refractivity contribution in [2.45, 2.75) is 26.2 Å². The van der Waals surface area contributed by atoms with E-state index in [1.165, 1.54) is 0 Å². The SMILES string of the molecule is CCCCc1cc(NNc2ccc(O)c(-c3ccccc3)c2)ccc1O. The summed E-state index contributed by atoms with van der Waals surface area (Å²) in [5.41, 5.74) is 10.7. The number of aromatic hydroxyl groups is 2. The van der Waals surface area contributed by atoms with E-state index in [-0.39, 0.29) is 5.75 Å². The number of hydrazine groups is 1. The maximum Gasteiger partial charge on any atom is 0.123 e. The number of nitrogens with one attached hydrogen (secondary N) is 2. The maximum absolute atomic E-state index is 10.1. The van der Waals surface area contributed by atoms with E-state index < -0.39 is 0 Å². The van der Waals surface area contributed by atoms with Crippen LogP contribution >= 0.6 is 0 Å². The summed E-state index contributed by atoms with van der Waals surface area (Å²) in [5, 5.41) is 20.1. The van der Waals surface area contributed by atoms with Crippen molar-refractivity contribution >= 4 is 11.4 Å². The molecule has 134 valence electrons. The Morgan fingerprint density at radius 2 is 1.42 bits per heavy atom. The average molecular weight is 348 g/mol. The van der Waals surface area contributed by atoms with Gasteiger partial charge in [-0.2, -0.15) is 0 Å². The zero-order valence-corrected chi connectivity index (χ0v) is 14.9. The summed E-state index contributed by atoms with van der Waals surface area (Å²) in [4.78, 5) is 0. The van der Waals surface area contributed by atoms with Crippen molar-refractivity contribution in [3.05, 3.63) is 72.3 Å². The van der Waals surface area contributed by atoms with Crippen LogP contribution in [0, 0.1) is 0 Å². The third kappa shape index (κ3) is 4.28. The molecular formula is C22H24N2O2. The highest BCUT2D eigenvalue weighted by Gasteiger charge is 2.06.